The molecule has 1 aromatic heterocycles. The third-order valence-corrected chi connectivity index (χ3v) is 2.93. The van der Waals surface area contributed by atoms with Gasteiger partial charge in [-0.1, -0.05) is 12.1 Å². The summed E-state index contributed by atoms with van der Waals surface area (Å²) in [4.78, 5) is 19.5. The van der Waals surface area contributed by atoms with E-state index < -0.39 is 6.17 Å². The van der Waals surface area contributed by atoms with Crippen molar-refractivity contribution in [3.05, 3.63) is 42.1 Å². The van der Waals surface area contributed by atoms with E-state index in [0.29, 0.717) is 5.82 Å². The molecular weight excluding hydrogens is 298 g/mol. The number of rotatable bonds is 4. The Morgan fingerprint density at radius 3 is 2.78 bits per heavy atom. The maximum atomic E-state index is 11.3. The standard InChI is InChI=1S/C13H13N9O/c1-14-13(23)18-12-15-6-5-10(17-12)16-9-4-2-3-8(7-9)11-19-21-22-20-11/h2-7,11H,1H3,(H3,14,15,16,17,18,23). The molecule has 116 valence electrons. The quantitative estimate of drug-likeness (QED) is 0.801. The Balaban J connectivity index is 1.75. The minimum atomic E-state index is -0.410. The summed E-state index contributed by atoms with van der Waals surface area (Å²) in [6.07, 6.45) is 1.14. The molecule has 0 bridgehead atoms. The fourth-order valence-electron chi connectivity index (χ4n) is 1.88. The minimum absolute atomic E-state index is 0.198. The van der Waals surface area contributed by atoms with Crippen LogP contribution in [0.2, 0.25) is 0 Å². The first-order valence-corrected chi connectivity index (χ1v) is 6.73. The van der Waals surface area contributed by atoms with Crippen molar-refractivity contribution < 1.29 is 4.79 Å². The molecule has 1 aliphatic heterocycles. The summed E-state index contributed by atoms with van der Waals surface area (Å²) < 4.78 is 0. The zero-order valence-corrected chi connectivity index (χ0v) is 12.1. The average molecular weight is 311 g/mol. The second-order valence-electron chi connectivity index (χ2n) is 4.50. The van der Waals surface area contributed by atoms with Gasteiger partial charge in [0, 0.05) is 24.5 Å². The van der Waals surface area contributed by atoms with E-state index in [1.807, 2.05) is 24.3 Å². The number of carbonyl (C=O) groups is 1. The van der Waals surface area contributed by atoms with Crippen LogP contribution in [-0.4, -0.2) is 23.0 Å². The smallest absolute Gasteiger partial charge is 0.321 e. The van der Waals surface area contributed by atoms with E-state index in [1.165, 1.54) is 7.05 Å². The molecule has 0 unspecified atom stereocenters. The van der Waals surface area contributed by atoms with Crippen LogP contribution in [-0.2, 0) is 0 Å². The van der Waals surface area contributed by atoms with Crippen molar-refractivity contribution in [2.24, 2.45) is 20.7 Å². The summed E-state index contributed by atoms with van der Waals surface area (Å²) in [5.74, 6) is 0.738. The van der Waals surface area contributed by atoms with Crippen molar-refractivity contribution in [2.45, 2.75) is 6.17 Å². The van der Waals surface area contributed by atoms with Gasteiger partial charge in [-0.25, -0.2) is 9.78 Å². The van der Waals surface area contributed by atoms with Crippen LogP contribution in [0, 0.1) is 0 Å². The van der Waals surface area contributed by atoms with E-state index in [4.69, 9.17) is 0 Å². The predicted octanol–water partition coefficient (Wildman–Crippen LogP) is 2.80. The minimum Gasteiger partial charge on any atom is -0.341 e. The first kappa shape index (κ1) is 14.5. The Morgan fingerprint density at radius 2 is 2.00 bits per heavy atom. The molecule has 2 amide bonds. The van der Waals surface area contributed by atoms with E-state index in [-0.39, 0.29) is 12.0 Å². The first-order chi connectivity index (χ1) is 11.2. The van der Waals surface area contributed by atoms with E-state index in [0.717, 1.165) is 11.3 Å². The van der Waals surface area contributed by atoms with Crippen LogP contribution in [0.3, 0.4) is 0 Å². The SMILES string of the molecule is CNC(=O)Nc1nccc(Nc2cccc(C3N=NN=N3)c2)n1. The van der Waals surface area contributed by atoms with Crippen molar-refractivity contribution in [2.75, 3.05) is 17.7 Å². The van der Waals surface area contributed by atoms with Crippen LogP contribution in [0.4, 0.5) is 22.2 Å². The monoisotopic (exact) mass is 311 g/mol. The molecule has 10 heteroatoms. The summed E-state index contributed by atoms with van der Waals surface area (Å²) in [6, 6.07) is 8.81. The Morgan fingerprint density at radius 1 is 1.17 bits per heavy atom. The van der Waals surface area contributed by atoms with Crippen LogP contribution >= 0.6 is 0 Å². The Bertz CT molecular complexity index is 762. The lowest BCUT2D eigenvalue weighted by atomic mass is 10.1. The van der Waals surface area contributed by atoms with E-state index in [9.17, 15) is 4.79 Å². The Kier molecular flexibility index (Phi) is 4.13. The van der Waals surface area contributed by atoms with Crippen LogP contribution in [0.1, 0.15) is 11.7 Å². The van der Waals surface area contributed by atoms with Gasteiger partial charge in [-0.3, -0.25) is 5.32 Å². The molecule has 2 aromatic rings. The van der Waals surface area contributed by atoms with Gasteiger partial charge >= 0.3 is 6.03 Å². The van der Waals surface area contributed by atoms with Gasteiger partial charge in [0.1, 0.15) is 5.82 Å². The summed E-state index contributed by atoms with van der Waals surface area (Å²) >= 11 is 0. The highest BCUT2D eigenvalue weighted by molar-refractivity contribution is 5.87. The molecule has 0 aliphatic carbocycles. The number of nitrogens with one attached hydrogen (secondary N) is 3. The predicted molar refractivity (Wildman–Crippen MR) is 82.3 cm³/mol. The van der Waals surface area contributed by atoms with Crippen molar-refractivity contribution in [3.8, 4) is 0 Å². The molecule has 0 saturated heterocycles. The lowest BCUT2D eigenvalue weighted by molar-refractivity contribution is 0.254. The largest absolute Gasteiger partial charge is 0.341 e. The lowest BCUT2D eigenvalue weighted by Crippen LogP contribution is -2.25. The Labute approximate surface area is 131 Å². The van der Waals surface area contributed by atoms with Gasteiger partial charge in [-0.05, 0) is 28.6 Å². The fraction of sp³-hybridized carbons (Fsp3) is 0.154. The first-order valence-electron chi connectivity index (χ1n) is 6.73. The molecule has 1 aliphatic rings. The molecule has 0 fully saturated rings. The maximum Gasteiger partial charge on any atom is 0.321 e. The topological polar surface area (TPSA) is 128 Å². The summed E-state index contributed by atoms with van der Waals surface area (Å²) in [7, 11) is 1.51. The number of anilines is 3. The maximum absolute atomic E-state index is 11.3. The number of hydrogen-bond acceptors (Lipinski definition) is 8. The molecule has 3 N–H and O–H groups in total. The third kappa shape index (κ3) is 3.61. The Hall–Kier alpha value is -3.43. The van der Waals surface area contributed by atoms with Crippen LogP contribution in [0.15, 0.2) is 57.2 Å². The number of urea groups is 1. The second kappa shape index (κ2) is 6.56. The van der Waals surface area contributed by atoms with Crippen molar-refractivity contribution in [1.82, 2.24) is 15.3 Å². The molecule has 1 aromatic carbocycles. The summed E-state index contributed by atoms with van der Waals surface area (Å²) in [6.45, 7) is 0. The van der Waals surface area contributed by atoms with Crippen molar-refractivity contribution in [3.63, 3.8) is 0 Å². The fourth-order valence-corrected chi connectivity index (χ4v) is 1.88. The van der Waals surface area contributed by atoms with Gasteiger partial charge in [-0.15, -0.1) is 10.2 Å². The molecule has 10 nitrogen and oxygen atoms in total. The van der Waals surface area contributed by atoms with Gasteiger partial charge < -0.3 is 10.6 Å². The summed E-state index contributed by atoms with van der Waals surface area (Å²) in [5.41, 5.74) is 1.65. The van der Waals surface area contributed by atoms with Gasteiger partial charge in [0.25, 0.3) is 0 Å². The van der Waals surface area contributed by atoms with Gasteiger partial charge in [0.05, 0.1) is 0 Å². The van der Waals surface area contributed by atoms with E-state index >= 15 is 0 Å². The molecule has 23 heavy (non-hydrogen) atoms. The molecule has 0 saturated carbocycles. The molecule has 3 rings (SSSR count). The van der Waals surface area contributed by atoms with E-state index in [2.05, 4.69) is 46.6 Å². The zero-order valence-electron chi connectivity index (χ0n) is 12.1. The zero-order chi connectivity index (χ0) is 16.1. The summed E-state index contributed by atoms with van der Waals surface area (Å²) in [5, 5.41) is 22.9. The van der Waals surface area contributed by atoms with Gasteiger partial charge in [0.15, 0.2) is 0 Å². The van der Waals surface area contributed by atoms with Crippen LogP contribution in [0.5, 0.6) is 0 Å². The molecular formula is C13H13N9O. The number of hydrogen-bond donors (Lipinski definition) is 3. The third-order valence-electron chi connectivity index (χ3n) is 2.93. The van der Waals surface area contributed by atoms with Crippen molar-refractivity contribution >= 4 is 23.5 Å². The van der Waals surface area contributed by atoms with Crippen LogP contribution in [0.25, 0.3) is 0 Å². The average Bonchev–Trinajstić information content (AvgIpc) is 3.10. The number of amides is 2. The highest BCUT2D eigenvalue weighted by atomic mass is 16.2. The van der Waals surface area contributed by atoms with Gasteiger partial charge in [0.2, 0.25) is 12.1 Å². The van der Waals surface area contributed by atoms with Crippen LogP contribution < -0.4 is 16.0 Å². The molecule has 0 radical (unpaired) electrons. The highest BCUT2D eigenvalue weighted by Crippen LogP contribution is 2.26. The molecule has 0 atom stereocenters. The lowest BCUT2D eigenvalue weighted by Gasteiger charge is -2.09. The number of carbonyl (C=O) groups excluding carboxylic acids is 1. The highest BCUT2D eigenvalue weighted by Gasteiger charge is 2.13. The number of nitrogens with zero attached hydrogens (tertiary/aromatic N) is 6. The number of aromatic nitrogens is 2. The molecule has 0 spiro atoms. The number of benzene rings is 1. The van der Waals surface area contributed by atoms with E-state index in [1.54, 1.807) is 12.3 Å². The normalized spacial score (nSPS) is 13.1. The second-order valence-corrected chi connectivity index (χ2v) is 4.50. The molecule has 2 heterocycles. The van der Waals surface area contributed by atoms with Gasteiger partial charge in [-0.2, -0.15) is 4.98 Å². The van der Waals surface area contributed by atoms with Crippen molar-refractivity contribution in [1.29, 1.82) is 0 Å².